The Morgan fingerprint density at radius 3 is 2.51 bits per heavy atom. The highest BCUT2D eigenvalue weighted by Crippen LogP contribution is 2.22. The molecule has 0 spiro atoms. The standard InChI is InChI=1S/C28H28F2N2O3/c1-2-18-6-5-7-19(10-18)15-32-16-27(25(31)13-20-11-21(29)14-22(30)12-20)35-28(33)24-17-34-26-9-4-3-8-23(24)26/h3-12,14,17,25,27,32H,2,13,15-16,31H2,1H3. The molecule has 2 unspecified atom stereocenters. The third-order valence-electron chi connectivity index (χ3n) is 5.90. The van der Waals surface area contributed by atoms with Crippen LogP contribution >= 0.6 is 0 Å². The Balaban J connectivity index is 1.49. The second-order valence-corrected chi connectivity index (χ2v) is 8.54. The predicted molar refractivity (Wildman–Crippen MR) is 131 cm³/mol. The van der Waals surface area contributed by atoms with Gasteiger partial charge in [0, 0.05) is 30.6 Å². The van der Waals surface area contributed by atoms with Crippen molar-refractivity contribution in [3.05, 3.63) is 107 Å². The number of rotatable bonds is 10. The molecule has 0 aliphatic heterocycles. The van der Waals surface area contributed by atoms with Crippen molar-refractivity contribution in [3.8, 4) is 0 Å². The lowest BCUT2D eigenvalue weighted by Gasteiger charge is -2.25. The van der Waals surface area contributed by atoms with E-state index in [1.54, 1.807) is 12.1 Å². The van der Waals surface area contributed by atoms with E-state index in [1.165, 1.54) is 24.0 Å². The minimum atomic E-state index is -0.753. The predicted octanol–water partition coefficient (Wildman–Crippen LogP) is 5.16. The fraction of sp³-hybridized carbons (Fsp3) is 0.250. The Morgan fingerprint density at radius 1 is 1.00 bits per heavy atom. The van der Waals surface area contributed by atoms with Gasteiger partial charge in [-0.15, -0.1) is 0 Å². The molecule has 0 aliphatic rings. The van der Waals surface area contributed by atoms with E-state index in [1.807, 2.05) is 24.3 Å². The number of carbonyl (C=O) groups is 1. The molecule has 1 aromatic heterocycles. The van der Waals surface area contributed by atoms with Gasteiger partial charge < -0.3 is 20.2 Å². The first-order valence-corrected chi connectivity index (χ1v) is 11.6. The third-order valence-corrected chi connectivity index (χ3v) is 5.90. The van der Waals surface area contributed by atoms with E-state index in [4.69, 9.17) is 14.9 Å². The number of benzene rings is 3. The number of para-hydroxylation sites is 1. The van der Waals surface area contributed by atoms with Crippen molar-refractivity contribution < 1.29 is 22.7 Å². The van der Waals surface area contributed by atoms with E-state index in [0.29, 0.717) is 28.6 Å². The third kappa shape index (κ3) is 6.32. The smallest absolute Gasteiger partial charge is 0.342 e. The maximum atomic E-state index is 13.7. The van der Waals surface area contributed by atoms with Crippen LogP contribution in [0.3, 0.4) is 0 Å². The molecule has 2 atom stereocenters. The highest BCUT2D eigenvalue weighted by atomic mass is 19.1. The number of esters is 1. The molecule has 0 bridgehead atoms. The number of carbonyl (C=O) groups excluding carboxylic acids is 1. The summed E-state index contributed by atoms with van der Waals surface area (Å²) in [7, 11) is 0. The van der Waals surface area contributed by atoms with Crippen LogP contribution in [-0.4, -0.2) is 24.7 Å². The lowest BCUT2D eigenvalue weighted by Crippen LogP contribution is -2.46. The number of hydrogen-bond donors (Lipinski definition) is 2. The summed E-state index contributed by atoms with van der Waals surface area (Å²) in [5.74, 6) is -1.94. The Kier molecular flexibility index (Phi) is 7.90. The molecule has 0 fully saturated rings. The van der Waals surface area contributed by atoms with Crippen LogP contribution in [0, 0.1) is 11.6 Å². The van der Waals surface area contributed by atoms with Crippen LogP contribution in [0.1, 0.15) is 34.0 Å². The maximum Gasteiger partial charge on any atom is 0.342 e. The summed E-state index contributed by atoms with van der Waals surface area (Å²) < 4.78 is 38.6. The molecule has 7 heteroatoms. The second kappa shape index (κ2) is 11.3. The van der Waals surface area contributed by atoms with Crippen LogP contribution in [0.4, 0.5) is 8.78 Å². The number of nitrogens with two attached hydrogens (primary N) is 1. The number of furan rings is 1. The monoisotopic (exact) mass is 478 g/mol. The Hall–Kier alpha value is -3.55. The summed E-state index contributed by atoms with van der Waals surface area (Å²) in [5, 5.41) is 3.94. The SMILES string of the molecule is CCc1cccc(CNCC(OC(=O)c2coc3ccccc23)C(N)Cc2cc(F)cc(F)c2)c1. The number of ether oxygens (including phenoxy) is 1. The zero-order valence-electron chi connectivity index (χ0n) is 19.5. The summed E-state index contributed by atoms with van der Waals surface area (Å²) in [5.41, 5.74) is 9.98. The molecule has 0 radical (unpaired) electrons. The Morgan fingerprint density at radius 2 is 1.74 bits per heavy atom. The van der Waals surface area contributed by atoms with Gasteiger partial charge in [-0.05, 0) is 47.7 Å². The minimum Gasteiger partial charge on any atom is -0.463 e. The number of fused-ring (bicyclic) bond motifs is 1. The summed E-state index contributed by atoms with van der Waals surface area (Å²) in [6.45, 7) is 2.91. The molecule has 0 amide bonds. The molecule has 0 saturated carbocycles. The Bertz CT molecular complexity index is 1280. The fourth-order valence-electron chi connectivity index (χ4n) is 4.07. The molecular formula is C28H28F2N2O3. The molecule has 4 rings (SSSR count). The van der Waals surface area contributed by atoms with E-state index in [-0.39, 0.29) is 13.0 Å². The van der Waals surface area contributed by atoms with Crippen LogP contribution < -0.4 is 11.1 Å². The molecule has 0 aliphatic carbocycles. The molecule has 1 heterocycles. The first-order valence-electron chi connectivity index (χ1n) is 11.6. The van der Waals surface area contributed by atoms with E-state index in [2.05, 4.69) is 24.4 Å². The van der Waals surface area contributed by atoms with Crippen molar-refractivity contribution in [1.29, 1.82) is 0 Å². The van der Waals surface area contributed by atoms with Gasteiger partial charge in [0.05, 0.1) is 0 Å². The van der Waals surface area contributed by atoms with Crippen LogP contribution in [0.15, 0.2) is 77.4 Å². The highest BCUT2D eigenvalue weighted by Gasteiger charge is 2.25. The fourth-order valence-corrected chi connectivity index (χ4v) is 4.07. The summed E-state index contributed by atoms with van der Waals surface area (Å²) in [4.78, 5) is 13.0. The maximum absolute atomic E-state index is 13.7. The zero-order valence-corrected chi connectivity index (χ0v) is 19.5. The van der Waals surface area contributed by atoms with Crippen LogP contribution in [0.25, 0.3) is 11.0 Å². The van der Waals surface area contributed by atoms with E-state index in [9.17, 15) is 13.6 Å². The molecule has 5 nitrogen and oxygen atoms in total. The van der Waals surface area contributed by atoms with Gasteiger partial charge in [0.15, 0.2) is 0 Å². The van der Waals surface area contributed by atoms with Gasteiger partial charge in [-0.2, -0.15) is 0 Å². The number of halogens is 2. The van der Waals surface area contributed by atoms with Gasteiger partial charge in [0.1, 0.15) is 35.1 Å². The molecular weight excluding hydrogens is 450 g/mol. The first kappa shape index (κ1) is 24.6. The highest BCUT2D eigenvalue weighted by molar-refractivity contribution is 6.03. The van der Waals surface area contributed by atoms with Crippen molar-refractivity contribution in [2.75, 3.05) is 6.54 Å². The average molecular weight is 479 g/mol. The van der Waals surface area contributed by atoms with E-state index < -0.39 is 29.7 Å². The van der Waals surface area contributed by atoms with Crippen molar-refractivity contribution >= 4 is 16.9 Å². The van der Waals surface area contributed by atoms with Crippen LogP contribution in [0.2, 0.25) is 0 Å². The number of hydrogen-bond acceptors (Lipinski definition) is 5. The van der Waals surface area contributed by atoms with E-state index >= 15 is 0 Å². The topological polar surface area (TPSA) is 77.5 Å². The van der Waals surface area contributed by atoms with Crippen molar-refractivity contribution in [1.82, 2.24) is 5.32 Å². The molecule has 3 N–H and O–H groups in total. The van der Waals surface area contributed by atoms with Gasteiger partial charge in [-0.3, -0.25) is 0 Å². The molecule has 182 valence electrons. The van der Waals surface area contributed by atoms with Crippen LogP contribution in [-0.2, 0) is 24.1 Å². The Labute approximate surface area is 202 Å². The van der Waals surface area contributed by atoms with Crippen LogP contribution in [0.5, 0.6) is 0 Å². The zero-order chi connectivity index (χ0) is 24.8. The number of nitrogens with one attached hydrogen (secondary N) is 1. The van der Waals surface area contributed by atoms with E-state index in [0.717, 1.165) is 18.1 Å². The van der Waals surface area contributed by atoms with Gasteiger partial charge in [0.2, 0.25) is 0 Å². The lowest BCUT2D eigenvalue weighted by atomic mass is 10.0. The average Bonchev–Trinajstić information content (AvgIpc) is 3.27. The van der Waals surface area contributed by atoms with Gasteiger partial charge in [-0.1, -0.05) is 49.4 Å². The van der Waals surface area contributed by atoms with Gasteiger partial charge in [0.25, 0.3) is 0 Å². The minimum absolute atomic E-state index is 0.131. The van der Waals surface area contributed by atoms with Gasteiger partial charge >= 0.3 is 5.97 Å². The van der Waals surface area contributed by atoms with Crippen molar-refractivity contribution in [2.24, 2.45) is 5.73 Å². The van der Waals surface area contributed by atoms with Crippen molar-refractivity contribution in [2.45, 2.75) is 38.5 Å². The molecule has 35 heavy (non-hydrogen) atoms. The number of aryl methyl sites for hydroxylation is 1. The molecule has 0 saturated heterocycles. The molecule has 4 aromatic rings. The normalized spacial score (nSPS) is 13.0. The second-order valence-electron chi connectivity index (χ2n) is 8.54. The first-order chi connectivity index (χ1) is 16.9. The quantitative estimate of drug-likeness (QED) is 0.308. The van der Waals surface area contributed by atoms with Gasteiger partial charge in [-0.25, -0.2) is 13.6 Å². The largest absolute Gasteiger partial charge is 0.463 e. The summed E-state index contributed by atoms with van der Waals surface area (Å²) >= 11 is 0. The summed E-state index contributed by atoms with van der Waals surface area (Å²) in [6, 6.07) is 17.9. The lowest BCUT2D eigenvalue weighted by molar-refractivity contribution is 0.0239. The summed E-state index contributed by atoms with van der Waals surface area (Å²) in [6.07, 6.45) is 1.67. The molecule has 3 aromatic carbocycles. The van der Waals surface area contributed by atoms with Crippen molar-refractivity contribution in [3.63, 3.8) is 0 Å².